The van der Waals surface area contributed by atoms with E-state index < -0.39 is 0 Å². The van der Waals surface area contributed by atoms with Crippen molar-refractivity contribution in [3.63, 3.8) is 0 Å². The number of hydrogen-bond acceptors (Lipinski definition) is 3. The maximum absolute atomic E-state index is 9.77. The van der Waals surface area contributed by atoms with Gasteiger partial charge in [-0.2, -0.15) is 0 Å². The van der Waals surface area contributed by atoms with Crippen LogP contribution in [0.4, 0.5) is 5.69 Å². The summed E-state index contributed by atoms with van der Waals surface area (Å²) in [4.78, 5) is 0. The van der Waals surface area contributed by atoms with Gasteiger partial charge in [0.1, 0.15) is 5.75 Å². The number of nitrogens with one attached hydrogen (secondary N) is 1. The van der Waals surface area contributed by atoms with Gasteiger partial charge in [0, 0.05) is 4.47 Å². The van der Waals surface area contributed by atoms with E-state index in [2.05, 4.69) is 21.2 Å². The van der Waals surface area contributed by atoms with Crippen molar-refractivity contribution in [3.8, 4) is 5.75 Å². The Morgan fingerprint density at radius 1 is 1.44 bits per heavy atom. The van der Waals surface area contributed by atoms with Crippen LogP contribution >= 0.6 is 15.9 Å². The van der Waals surface area contributed by atoms with Gasteiger partial charge in [-0.05, 0) is 37.5 Å². The number of halogens is 1. The van der Waals surface area contributed by atoms with Crippen molar-refractivity contribution >= 4 is 21.6 Å². The van der Waals surface area contributed by atoms with Crippen LogP contribution in [0.2, 0.25) is 0 Å². The second-order valence-corrected chi connectivity index (χ2v) is 5.01. The van der Waals surface area contributed by atoms with Gasteiger partial charge in [-0.15, -0.1) is 0 Å². The third-order valence-corrected chi connectivity index (χ3v) is 3.48. The fourth-order valence-corrected chi connectivity index (χ4v) is 2.46. The maximum Gasteiger partial charge on any atom is 0.142 e. The van der Waals surface area contributed by atoms with Crippen LogP contribution in [0.3, 0.4) is 0 Å². The van der Waals surface area contributed by atoms with E-state index in [9.17, 15) is 5.11 Å². The number of ether oxygens (including phenoxy) is 1. The van der Waals surface area contributed by atoms with E-state index in [0.717, 1.165) is 35.2 Å². The summed E-state index contributed by atoms with van der Waals surface area (Å²) < 4.78 is 6.28. The second-order valence-electron chi connectivity index (χ2n) is 4.09. The summed E-state index contributed by atoms with van der Waals surface area (Å²) in [5, 5.41) is 13.1. The average molecular weight is 286 g/mol. The lowest BCUT2D eigenvalue weighted by Crippen LogP contribution is -2.28. The predicted octanol–water partition coefficient (Wildman–Crippen LogP) is 2.78. The number of aliphatic hydroxyl groups is 1. The molecule has 1 aliphatic rings. The van der Waals surface area contributed by atoms with Crippen LogP contribution in [0, 0.1) is 0 Å². The van der Waals surface area contributed by atoms with Crippen LogP contribution < -0.4 is 10.1 Å². The summed E-state index contributed by atoms with van der Waals surface area (Å²) in [6.45, 7) is 0. The summed E-state index contributed by atoms with van der Waals surface area (Å²) in [7, 11) is 1.65. The van der Waals surface area contributed by atoms with Crippen molar-refractivity contribution in [2.75, 3.05) is 12.4 Å². The van der Waals surface area contributed by atoms with Crippen LogP contribution in [0.15, 0.2) is 22.7 Å². The molecule has 2 unspecified atom stereocenters. The summed E-state index contributed by atoms with van der Waals surface area (Å²) in [5.41, 5.74) is 0.933. The SMILES string of the molecule is COc1ccc(Br)cc1NC1CCCC1O. The third kappa shape index (κ3) is 2.50. The highest BCUT2D eigenvalue weighted by molar-refractivity contribution is 9.10. The molecule has 0 radical (unpaired) electrons. The number of methoxy groups -OCH3 is 1. The minimum Gasteiger partial charge on any atom is -0.495 e. The van der Waals surface area contributed by atoms with Gasteiger partial charge >= 0.3 is 0 Å². The number of aliphatic hydroxyl groups excluding tert-OH is 1. The minimum atomic E-state index is -0.247. The Labute approximate surface area is 104 Å². The van der Waals surface area contributed by atoms with E-state index in [1.54, 1.807) is 7.11 Å². The molecule has 88 valence electrons. The van der Waals surface area contributed by atoms with E-state index in [4.69, 9.17) is 4.74 Å². The Morgan fingerprint density at radius 2 is 2.25 bits per heavy atom. The zero-order valence-corrected chi connectivity index (χ0v) is 10.8. The smallest absolute Gasteiger partial charge is 0.142 e. The first kappa shape index (κ1) is 11.7. The molecule has 16 heavy (non-hydrogen) atoms. The van der Waals surface area contributed by atoms with Crippen LogP contribution in [-0.2, 0) is 0 Å². The second kappa shape index (κ2) is 5.06. The monoisotopic (exact) mass is 285 g/mol. The van der Waals surface area contributed by atoms with Gasteiger partial charge in [-0.1, -0.05) is 15.9 Å². The quantitative estimate of drug-likeness (QED) is 0.897. The molecule has 0 spiro atoms. The van der Waals surface area contributed by atoms with Crippen LogP contribution in [0.5, 0.6) is 5.75 Å². The van der Waals surface area contributed by atoms with Gasteiger partial charge in [0.05, 0.1) is 24.9 Å². The van der Waals surface area contributed by atoms with Crippen LogP contribution in [-0.4, -0.2) is 24.4 Å². The lowest BCUT2D eigenvalue weighted by Gasteiger charge is -2.19. The van der Waals surface area contributed by atoms with Crippen molar-refractivity contribution in [1.29, 1.82) is 0 Å². The summed E-state index contributed by atoms with van der Waals surface area (Å²) in [6.07, 6.45) is 2.73. The maximum atomic E-state index is 9.77. The molecule has 0 heterocycles. The molecule has 1 aromatic rings. The fourth-order valence-electron chi connectivity index (χ4n) is 2.10. The summed E-state index contributed by atoms with van der Waals surface area (Å²) in [5.74, 6) is 0.808. The van der Waals surface area contributed by atoms with Gasteiger partial charge in [0.25, 0.3) is 0 Å². The number of benzene rings is 1. The van der Waals surface area contributed by atoms with Crippen molar-refractivity contribution in [3.05, 3.63) is 22.7 Å². The fraction of sp³-hybridized carbons (Fsp3) is 0.500. The molecule has 1 fully saturated rings. The normalized spacial score (nSPS) is 24.4. The lowest BCUT2D eigenvalue weighted by atomic mass is 10.2. The highest BCUT2D eigenvalue weighted by atomic mass is 79.9. The molecule has 4 heteroatoms. The van der Waals surface area contributed by atoms with E-state index in [0.29, 0.717) is 0 Å². The number of hydrogen-bond donors (Lipinski definition) is 2. The summed E-state index contributed by atoms with van der Waals surface area (Å²) >= 11 is 3.43. The molecular formula is C12H16BrNO2. The Morgan fingerprint density at radius 3 is 2.88 bits per heavy atom. The molecule has 1 saturated carbocycles. The molecule has 2 rings (SSSR count). The van der Waals surface area contributed by atoms with E-state index >= 15 is 0 Å². The molecule has 0 saturated heterocycles. The van der Waals surface area contributed by atoms with Gasteiger partial charge in [0.2, 0.25) is 0 Å². The molecule has 2 N–H and O–H groups in total. The first-order valence-corrected chi connectivity index (χ1v) is 6.28. The van der Waals surface area contributed by atoms with Gasteiger partial charge in [0.15, 0.2) is 0 Å². The van der Waals surface area contributed by atoms with Crippen molar-refractivity contribution < 1.29 is 9.84 Å². The summed E-state index contributed by atoms with van der Waals surface area (Å²) in [6, 6.07) is 5.97. The molecule has 0 aliphatic heterocycles. The molecule has 2 atom stereocenters. The average Bonchev–Trinajstić information content (AvgIpc) is 2.65. The largest absolute Gasteiger partial charge is 0.495 e. The zero-order valence-electron chi connectivity index (χ0n) is 9.24. The first-order chi connectivity index (χ1) is 7.70. The molecule has 0 amide bonds. The first-order valence-electron chi connectivity index (χ1n) is 5.49. The minimum absolute atomic E-state index is 0.142. The van der Waals surface area contributed by atoms with Gasteiger partial charge < -0.3 is 15.2 Å². The molecule has 1 aromatic carbocycles. The Kier molecular flexibility index (Phi) is 3.71. The third-order valence-electron chi connectivity index (χ3n) is 2.98. The Balaban J connectivity index is 2.16. The number of anilines is 1. The molecule has 0 aromatic heterocycles. The van der Waals surface area contributed by atoms with Crippen molar-refractivity contribution in [1.82, 2.24) is 0 Å². The number of rotatable bonds is 3. The van der Waals surface area contributed by atoms with E-state index in [1.165, 1.54) is 0 Å². The zero-order chi connectivity index (χ0) is 11.5. The topological polar surface area (TPSA) is 41.5 Å². The standard InChI is InChI=1S/C12H16BrNO2/c1-16-12-6-5-8(13)7-10(12)14-9-3-2-4-11(9)15/h5-7,9,11,14-15H,2-4H2,1H3. The molecule has 1 aliphatic carbocycles. The Bertz CT molecular complexity index is 370. The van der Waals surface area contributed by atoms with Gasteiger partial charge in [-0.25, -0.2) is 0 Å². The van der Waals surface area contributed by atoms with Crippen molar-refractivity contribution in [2.24, 2.45) is 0 Å². The molecule has 0 bridgehead atoms. The predicted molar refractivity (Wildman–Crippen MR) is 68.0 cm³/mol. The van der Waals surface area contributed by atoms with Crippen LogP contribution in [0.25, 0.3) is 0 Å². The molecule has 3 nitrogen and oxygen atoms in total. The van der Waals surface area contributed by atoms with E-state index in [-0.39, 0.29) is 12.1 Å². The highest BCUT2D eigenvalue weighted by Crippen LogP contribution is 2.31. The van der Waals surface area contributed by atoms with E-state index in [1.807, 2.05) is 18.2 Å². The van der Waals surface area contributed by atoms with Gasteiger partial charge in [-0.3, -0.25) is 0 Å². The van der Waals surface area contributed by atoms with Crippen LogP contribution in [0.1, 0.15) is 19.3 Å². The van der Waals surface area contributed by atoms with Crippen molar-refractivity contribution in [2.45, 2.75) is 31.4 Å². The highest BCUT2D eigenvalue weighted by Gasteiger charge is 2.25. The lowest BCUT2D eigenvalue weighted by molar-refractivity contribution is 0.171. The molecular weight excluding hydrogens is 270 g/mol. The Hall–Kier alpha value is -0.740.